The molecule has 0 saturated carbocycles. The molecule has 0 heterocycles. The van der Waals surface area contributed by atoms with Gasteiger partial charge in [0, 0.05) is 0 Å². The fourth-order valence-corrected chi connectivity index (χ4v) is 1.12. The van der Waals surface area contributed by atoms with Crippen molar-refractivity contribution in [1.29, 1.82) is 0 Å². The Morgan fingerprint density at radius 3 is 1.21 bits per heavy atom. The van der Waals surface area contributed by atoms with Crippen molar-refractivity contribution in [3.8, 4) is 0 Å². The number of halogens is 1. The van der Waals surface area contributed by atoms with E-state index in [4.69, 9.17) is 0 Å². The molecule has 0 aliphatic heterocycles. The van der Waals surface area contributed by atoms with Gasteiger partial charge in [-0.3, -0.25) is 0 Å². The second-order valence-electron chi connectivity index (χ2n) is 3.41. The Morgan fingerprint density at radius 2 is 1.05 bits per heavy atom. The van der Waals surface area contributed by atoms with Gasteiger partial charge in [0.1, 0.15) is 0 Å². The molecule has 0 atom stereocenters. The van der Waals surface area contributed by atoms with Gasteiger partial charge in [-0.25, -0.2) is 24.3 Å². The third kappa shape index (κ3) is 13.0. The maximum atomic E-state index is 4.64. The maximum Gasteiger partial charge on any atom is -0.172 e. The Kier molecular flexibility index (Phi) is 13.9. The van der Waals surface area contributed by atoms with E-state index in [0.29, 0.717) is 0 Å². The molecule has 0 nitrogen and oxygen atoms in total. The number of benzene rings is 1. The van der Waals surface area contributed by atoms with Crippen LogP contribution in [0.1, 0.15) is 5.56 Å². The SMILES string of the molecule is [CH2-]c1ccccc1.[Cl][Ti+3].c1cc[cH-]c1.c1cc[cH-]c1. The molecular formula is C17H17ClTi. The molecule has 0 aromatic heterocycles. The number of hydrogen-bond acceptors (Lipinski definition) is 0. The standard InChI is InChI=1S/C7H7.2C5H5.ClH.Ti/c1-7-5-3-2-4-6-7;2*1-2-4-5-3-1;;/h2-6H,1H2;2*1-5H;1H;/q3*-1;;+4/p-1. The normalized spacial score (nSPS) is 7.74. The molecule has 3 aromatic carbocycles. The smallest absolute Gasteiger partial charge is 0.172 e. The fraction of sp³-hybridized carbons (Fsp3) is 0. The summed E-state index contributed by atoms with van der Waals surface area (Å²) >= 11 is 1.47. The van der Waals surface area contributed by atoms with E-state index in [1.54, 1.807) is 0 Å². The van der Waals surface area contributed by atoms with E-state index in [2.05, 4.69) is 16.2 Å². The molecule has 0 spiro atoms. The van der Waals surface area contributed by atoms with Crippen molar-refractivity contribution in [1.82, 2.24) is 0 Å². The molecule has 3 rings (SSSR count). The second kappa shape index (κ2) is 14.9. The maximum absolute atomic E-state index is 4.64. The second-order valence-corrected chi connectivity index (χ2v) is 3.41. The molecule has 96 valence electrons. The molecule has 3 aromatic rings. The average molecular weight is 305 g/mol. The van der Waals surface area contributed by atoms with E-state index >= 15 is 0 Å². The zero-order chi connectivity index (χ0) is 14.2. The van der Waals surface area contributed by atoms with E-state index in [1.165, 1.54) is 19.4 Å². The van der Waals surface area contributed by atoms with Gasteiger partial charge < -0.3 is 0 Å². The summed E-state index contributed by atoms with van der Waals surface area (Å²) in [6.45, 7) is 3.72. The molecule has 19 heavy (non-hydrogen) atoms. The first-order chi connectivity index (χ1) is 9.39. The predicted molar refractivity (Wildman–Crippen MR) is 80.8 cm³/mol. The third-order valence-corrected chi connectivity index (χ3v) is 1.95. The molecule has 0 amide bonds. The molecular weight excluding hydrogens is 288 g/mol. The van der Waals surface area contributed by atoms with E-state index in [-0.39, 0.29) is 0 Å². The van der Waals surface area contributed by atoms with E-state index in [1.807, 2.05) is 91.0 Å². The van der Waals surface area contributed by atoms with Gasteiger partial charge in [-0.15, -0.1) is 12.1 Å². The van der Waals surface area contributed by atoms with Crippen molar-refractivity contribution in [2.24, 2.45) is 0 Å². The Bertz CT molecular complexity index is 369. The van der Waals surface area contributed by atoms with Crippen LogP contribution in [0.5, 0.6) is 0 Å². The average Bonchev–Trinajstić information content (AvgIpc) is 3.20. The topological polar surface area (TPSA) is 0 Å². The summed E-state index contributed by atoms with van der Waals surface area (Å²) in [5.74, 6) is 0. The third-order valence-electron chi connectivity index (χ3n) is 1.95. The van der Waals surface area contributed by atoms with Crippen molar-refractivity contribution >= 4 is 9.30 Å². The summed E-state index contributed by atoms with van der Waals surface area (Å²) in [5.41, 5.74) is 1.07. The minimum Gasteiger partial charge on any atom is -0.214 e. The molecule has 0 aliphatic rings. The van der Waals surface area contributed by atoms with Gasteiger partial charge in [0.2, 0.25) is 0 Å². The van der Waals surface area contributed by atoms with Crippen molar-refractivity contribution < 1.29 is 19.4 Å². The Labute approximate surface area is 132 Å². The summed E-state index contributed by atoms with van der Waals surface area (Å²) in [6.07, 6.45) is 0. The van der Waals surface area contributed by atoms with Crippen molar-refractivity contribution in [2.45, 2.75) is 0 Å². The largest absolute Gasteiger partial charge is 0.214 e. The van der Waals surface area contributed by atoms with Crippen molar-refractivity contribution in [2.75, 3.05) is 0 Å². The number of rotatable bonds is 0. The van der Waals surface area contributed by atoms with Crippen molar-refractivity contribution in [3.05, 3.63) is 103 Å². The van der Waals surface area contributed by atoms with Gasteiger partial charge in [-0.2, -0.15) is 61.0 Å². The van der Waals surface area contributed by atoms with Crippen LogP contribution in [0.25, 0.3) is 0 Å². The summed E-state index contributed by atoms with van der Waals surface area (Å²) in [7, 11) is 4.64. The zero-order valence-corrected chi connectivity index (χ0v) is 13.1. The van der Waals surface area contributed by atoms with Gasteiger partial charge in [0.15, 0.2) is 0 Å². The monoisotopic (exact) mass is 304 g/mol. The minimum atomic E-state index is 1.07. The van der Waals surface area contributed by atoms with Gasteiger partial charge in [-0.1, -0.05) is 6.07 Å². The van der Waals surface area contributed by atoms with Gasteiger partial charge in [0.25, 0.3) is 0 Å². The summed E-state index contributed by atoms with van der Waals surface area (Å²) < 4.78 is 0. The van der Waals surface area contributed by atoms with Crippen LogP contribution >= 0.6 is 9.30 Å². The first kappa shape index (κ1) is 17.8. The van der Waals surface area contributed by atoms with Gasteiger partial charge >= 0.3 is 28.7 Å². The van der Waals surface area contributed by atoms with Crippen molar-refractivity contribution in [3.63, 3.8) is 0 Å². The van der Waals surface area contributed by atoms with Crippen LogP contribution in [0.2, 0.25) is 0 Å². The van der Waals surface area contributed by atoms with E-state index in [0.717, 1.165) is 5.56 Å². The van der Waals surface area contributed by atoms with Crippen LogP contribution in [0.4, 0.5) is 0 Å². The Morgan fingerprint density at radius 1 is 0.684 bits per heavy atom. The fourth-order valence-electron chi connectivity index (χ4n) is 1.12. The predicted octanol–water partition coefficient (Wildman–Crippen LogP) is 5.37. The summed E-state index contributed by atoms with van der Waals surface area (Å²) in [6, 6.07) is 29.9. The Balaban J connectivity index is 0.000000244. The van der Waals surface area contributed by atoms with Gasteiger partial charge in [-0.05, 0) is 0 Å². The minimum absolute atomic E-state index is 1.07. The van der Waals surface area contributed by atoms with Crippen LogP contribution in [-0.4, -0.2) is 0 Å². The van der Waals surface area contributed by atoms with E-state index in [9.17, 15) is 0 Å². The molecule has 0 fully saturated rings. The first-order valence-corrected chi connectivity index (χ1v) is 7.94. The Hall–Kier alpha value is -1.21. The van der Waals surface area contributed by atoms with Gasteiger partial charge in [0.05, 0.1) is 0 Å². The molecule has 0 radical (unpaired) electrons. The zero-order valence-electron chi connectivity index (χ0n) is 10.7. The quantitative estimate of drug-likeness (QED) is 0.387. The molecule has 0 aliphatic carbocycles. The molecule has 0 bridgehead atoms. The van der Waals surface area contributed by atoms with Crippen LogP contribution in [0.3, 0.4) is 0 Å². The van der Waals surface area contributed by atoms with E-state index < -0.39 is 0 Å². The summed E-state index contributed by atoms with van der Waals surface area (Å²) in [4.78, 5) is 0. The molecule has 0 unspecified atom stereocenters. The van der Waals surface area contributed by atoms with Crippen LogP contribution < -0.4 is 0 Å². The molecule has 2 heteroatoms. The van der Waals surface area contributed by atoms with Crippen LogP contribution in [0.15, 0.2) is 91.0 Å². The summed E-state index contributed by atoms with van der Waals surface area (Å²) in [5, 5.41) is 0. The number of hydrogen-bond donors (Lipinski definition) is 0. The first-order valence-electron chi connectivity index (χ1n) is 5.79. The molecule has 0 N–H and O–H groups in total. The molecule has 0 saturated heterocycles. The van der Waals surface area contributed by atoms with Crippen LogP contribution in [0, 0.1) is 6.92 Å². The van der Waals surface area contributed by atoms with Crippen LogP contribution in [-0.2, 0) is 19.4 Å².